The van der Waals surface area contributed by atoms with E-state index < -0.39 is 18.3 Å². The first-order chi connectivity index (χ1) is 13.1. The van der Waals surface area contributed by atoms with Crippen molar-refractivity contribution in [3.63, 3.8) is 0 Å². The van der Waals surface area contributed by atoms with E-state index in [4.69, 9.17) is 4.74 Å². The third kappa shape index (κ3) is 4.93. The Labute approximate surface area is 156 Å². The average molecular weight is 367 g/mol. The van der Waals surface area contributed by atoms with E-state index in [9.17, 15) is 15.0 Å². The Morgan fingerprint density at radius 1 is 1.07 bits per heavy atom. The first-order valence-electron chi connectivity index (χ1n) is 8.54. The van der Waals surface area contributed by atoms with Crippen molar-refractivity contribution in [2.75, 3.05) is 6.54 Å². The van der Waals surface area contributed by atoms with Gasteiger partial charge >= 0.3 is 6.09 Å². The van der Waals surface area contributed by atoms with Gasteiger partial charge in [0.1, 0.15) is 18.8 Å². The number of carbonyl (C=O) groups is 1. The second kappa shape index (κ2) is 8.98. The zero-order chi connectivity index (χ0) is 19.1. The number of H-pyrrole nitrogens is 1. The molecule has 0 saturated carbocycles. The number of hydrogen-bond acceptors (Lipinski definition) is 5. The van der Waals surface area contributed by atoms with Gasteiger partial charge in [-0.2, -0.15) is 5.10 Å². The summed E-state index contributed by atoms with van der Waals surface area (Å²) in [5.74, 6) is 0. The molecule has 4 N–H and O–H groups in total. The van der Waals surface area contributed by atoms with Crippen LogP contribution in [0.2, 0.25) is 0 Å². The summed E-state index contributed by atoms with van der Waals surface area (Å²) in [4.78, 5) is 11.8. The first kappa shape index (κ1) is 18.6. The van der Waals surface area contributed by atoms with Gasteiger partial charge in [0.25, 0.3) is 0 Å². The lowest BCUT2D eigenvalue weighted by Crippen LogP contribution is -2.35. The van der Waals surface area contributed by atoms with E-state index in [0.717, 1.165) is 11.1 Å². The molecular weight excluding hydrogens is 346 g/mol. The van der Waals surface area contributed by atoms with Crippen molar-refractivity contribution in [3.8, 4) is 11.3 Å². The number of aliphatic hydroxyl groups excluding tert-OH is 2. The molecule has 27 heavy (non-hydrogen) atoms. The van der Waals surface area contributed by atoms with E-state index in [2.05, 4.69) is 15.5 Å². The zero-order valence-electron chi connectivity index (χ0n) is 14.6. The Bertz CT molecular complexity index is 852. The number of rotatable bonds is 7. The molecule has 2 unspecified atom stereocenters. The lowest BCUT2D eigenvalue weighted by Gasteiger charge is -2.18. The van der Waals surface area contributed by atoms with Crippen LogP contribution >= 0.6 is 0 Å². The third-order valence-electron chi connectivity index (χ3n) is 4.08. The summed E-state index contributed by atoms with van der Waals surface area (Å²) in [5, 5.41) is 29.9. The molecule has 0 radical (unpaired) electrons. The fourth-order valence-electron chi connectivity index (χ4n) is 2.64. The number of benzene rings is 2. The van der Waals surface area contributed by atoms with Gasteiger partial charge in [0.15, 0.2) is 0 Å². The van der Waals surface area contributed by atoms with E-state index in [1.165, 1.54) is 6.20 Å². The minimum atomic E-state index is -1.21. The molecule has 1 aromatic heterocycles. The monoisotopic (exact) mass is 367 g/mol. The minimum absolute atomic E-state index is 0.130. The molecule has 3 aromatic rings. The van der Waals surface area contributed by atoms with Crippen LogP contribution in [-0.2, 0) is 11.3 Å². The van der Waals surface area contributed by atoms with Crippen molar-refractivity contribution >= 4 is 6.09 Å². The van der Waals surface area contributed by atoms with Crippen molar-refractivity contribution in [3.05, 3.63) is 78.0 Å². The molecule has 0 bridgehead atoms. The van der Waals surface area contributed by atoms with Gasteiger partial charge in [-0.3, -0.25) is 5.10 Å². The highest BCUT2D eigenvalue weighted by Crippen LogP contribution is 2.27. The van der Waals surface area contributed by atoms with Crippen LogP contribution < -0.4 is 5.32 Å². The van der Waals surface area contributed by atoms with Crippen molar-refractivity contribution in [1.29, 1.82) is 0 Å². The highest BCUT2D eigenvalue weighted by Gasteiger charge is 2.24. The lowest BCUT2D eigenvalue weighted by atomic mass is 10.0. The maximum Gasteiger partial charge on any atom is 0.407 e. The molecule has 1 amide bonds. The third-order valence-corrected chi connectivity index (χ3v) is 4.08. The number of nitrogens with one attached hydrogen (secondary N) is 2. The lowest BCUT2D eigenvalue weighted by molar-refractivity contribution is 0.0187. The molecule has 0 saturated heterocycles. The molecule has 0 fully saturated rings. The first-order valence-corrected chi connectivity index (χ1v) is 8.54. The van der Waals surface area contributed by atoms with Crippen LogP contribution in [0.25, 0.3) is 11.3 Å². The molecule has 0 aliphatic rings. The number of nitrogens with zero attached hydrogens (tertiary/aromatic N) is 1. The van der Waals surface area contributed by atoms with Gasteiger partial charge in [0, 0.05) is 12.1 Å². The number of aromatic amines is 1. The number of aromatic nitrogens is 2. The Morgan fingerprint density at radius 3 is 2.44 bits per heavy atom. The maximum atomic E-state index is 11.8. The van der Waals surface area contributed by atoms with E-state index in [1.807, 2.05) is 60.7 Å². The van der Waals surface area contributed by atoms with Gasteiger partial charge in [-0.15, -0.1) is 0 Å². The number of amides is 1. The summed E-state index contributed by atoms with van der Waals surface area (Å²) in [6.45, 7) is -0.0284. The summed E-state index contributed by atoms with van der Waals surface area (Å²) >= 11 is 0. The van der Waals surface area contributed by atoms with Crippen molar-refractivity contribution < 1.29 is 19.7 Å². The maximum absolute atomic E-state index is 11.8. The van der Waals surface area contributed by atoms with Crippen molar-refractivity contribution in [2.45, 2.75) is 18.8 Å². The highest BCUT2D eigenvalue weighted by atomic mass is 16.5. The predicted octanol–water partition coefficient (Wildman–Crippen LogP) is 2.40. The standard InChI is InChI=1S/C20H21N3O4/c24-17(12-21-20(26)27-13-14-7-3-1-4-8-14)19(25)16-11-22-23-18(16)15-9-5-2-6-10-15/h1-11,17,19,24-25H,12-13H2,(H,21,26)(H,22,23). The van der Waals surface area contributed by atoms with Crippen LogP contribution in [0.1, 0.15) is 17.2 Å². The van der Waals surface area contributed by atoms with E-state index in [-0.39, 0.29) is 13.2 Å². The molecule has 0 spiro atoms. The molecule has 7 heteroatoms. The van der Waals surface area contributed by atoms with Crippen LogP contribution in [-0.4, -0.2) is 39.2 Å². The number of hydrogen-bond donors (Lipinski definition) is 4. The van der Waals surface area contributed by atoms with Gasteiger partial charge in [-0.1, -0.05) is 60.7 Å². The highest BCUT2D eigenvalue weighted by molar-refractivity contribution is 5.67. The molecular formula is C20H21N3O4. The fraction of sp³-hybridized carbons (Fsp3) is 0.200. The molecule has 0 aliphatic carbocycles. The normalized spacial score (nSPS) is 13.0. The molecule has 0 aliphatic heterocycles. The quantitative estimate of drug-likeness (QED) is 0.513. The van der Waals surface area contributed by atoms with Crippen LogP contribution in [0, 0.1) is 0 Å². The van der Waals surface area contributed by atoms with E-state index in [1.54, 1.807) is 0 Å². The Kier molecular flexibility index (Phi) is 6.19. The number of ether oxygens (including phenoxy) is 1. The zero-order valence-corrected chi connectivity index (χ0v) is 14.6. The Balaban J connectivity index is 1.53. The van der Waals surface area contributed by atoms with Crippen molar-refractivity contribution in [1.82, 2.24) is 15.5 Å². The summed E-state index contributed by atoms with van der Waals surface area (Å²) in [6, 6.07) is 18.6. The predicted molar refractivity (Wildman–Crippen MR) is 99.6 cm³/mol. The summed E-state index contributed by atoms with van der Waals surface area (Å²) in [7, 11) is 0. The van der Waals surface area contributed by atoms with E-state index in [0.29, 0.717) is 11.3 Å². The topological polar surface area (TPSA) is 107 Å². The van der Waals surface area contributed by atoms with Crippen LogP contribution in [0.4, 0.5) is 4.79 Å². The second-order valence-electron chi connectivity index (χ2n) is 6.02. The largest absolute Gasteiger partial charge is 0.445 e. The smallest absolute Gasteiger partial charge is 0.407 e. The molecule has 2 atom stereocenters. The number of aliphatic hydroxyl groups is 2. The molecule has 3 rings (SSSR count). The average Bonchev–Trinajstić information content (AvgIpc) is 3.21. The van der Waals surface area contributed by atoms with Crippen molar-refractivity contribution in [2.24, 2.45) is 0 Å². The minimum Gasteiger partial charge on any atom is -0.445 e. The van der Waals surface area contributed by atoms with Gasteiger partial charge < -0.3 is 20.3 Å². The number of carbonyl (C=O) groups excluding carboxylic acids is 1. The summed E-state index contributed by atoms with van der Waals surface area (Å²) in [6.07, 6.45) is -1.63. The van der Waals surface area contributed by atoms with Gasteiger partial charge in [0.2, 0.25) is 0 Å². The van der Waals surface area contributed by atoms with Crippen LogP contribution in [0.3, 0.4) is 0 Å². The van der Waals surface area contributed by atoms with Crippen LogP contribution in [0.15, 0.2) is 66.9 Å². The Hall–Kier alpha value is -3.16. The summed E-state index contributed by atoms with van der Waals surface area (Å²) in [5.41, 5.74) is 2.77. The Morgan fingerprint density at radius 2 is 1.74 bits per heavy atom. The van der Waals surface area contributed by atoms with Gasteiger partial charge in [-0.25, -0.2) is 4.79 Å². The molecule has 7 nitrogen and oxygen atoms in total. The molecule has 140 valence electrons. The van der Waals surface area contributed by atoms with Gasteiger partial charge in [-0.05, 0) is 11.1 Å². The van der Waals surface area contributed by atoms with Gasteiger partial charge in [0.05, 0.1) is 11.9 Å². The molecule has 1 heterocycles. The fourth-order valence-corrected chi connectivity index (χ4v) is 2.64. The second-order valence-corrected chi connectivity index (χ2v) is 6.02. The number of alkyl carbamates (subject to hydrolysis) is 1. The van der Waals surface area contributed by atoms with Crippen LogP contribution in [0.5, 0.6) is 0 Å². The molecule has 2 aromatic carbocycles. The summed E-state index contributed by atoms with van der Waals surface area (Å²) < 4.78 is 5.08. The SMILES string of the molecule is O=C(NCC(O)C(O)c1cn[nH]c1-c1ccccc1)OCc1ccccc1. The van der Waals surface area contributed by atoms with E-state index >= 15 is 0 Å².